The van der Waals surface area contributed by atoms with Crippen LogP contribution in [0.25, 0.3) is 0 Å². The summed E-state index contributed by atoms with van der Waals surface area (Å²) in [6.45, 7) is 2.83. The number of carboxylic acids is 1. The van der Waals surface area contributed by atoms with Crippen LogP contribution >= 0.6 is 11.8 Å². The number of imide groups is 1. The fraction of sp³-hybridized carbons (Fsp3) is 0.846. The number of carboxylic acid groups (broad SMARTS) is 1. The molecule has 0 aliphatic carbocycles. The second-order valence-corrected chi connectivity index (χ2v) is 11.1. The Hall–Kier alpha value is -2.01. The zero-order valence-corrected chi connectivity index (χ0v) is 24.6. The highest BCUT2D eigenvalue weighted by Crippen LogP contribution is 2.33. The number of amides is 4. The van der Waals surface area contributed by atoms with Gasteiger partial charge < -0.3 is 46.2 Å². The number of hydrogen-bond donors (Lipinski definition) is 5. The predicted molar refractivity (Wildman–Crippen MR) is 152 cm³/mol. The van der Waals surface area contributed by atoms with Gasteiger partial charge in [0.2, 0.25) is 5.91 Å². The molecule has 41 heavy (non-hydrogen) atoms. The average Bonchev–Trinajstić information content (AvgIpc) is 3.50. The minimum atomic E-state index is -1.28. The maximum atomic E-state index is 13.1. The van der Waals surface area contributed by atoms with Gasteiger partial charge in [-0.3, -0.25) is 14.5 Å². The normalized spacial score (nSPS) is 20.3. The van der Waals surface area contributed by atoms with Crippen molar-refractivity contribution in [3.8, 4) is 0 Å². The molecule has 2 saturated heterocycles. The number of aliphatic carboxylic acids is 1. The van der Waals surface area contributed by atoms with E-state index in [4.69, 9.17) is 30.4 Å². The van der Waals surface area contributed by atoms with Crippen LogP contribution < -0.4 is 22.1 Å². The van der Waals surface area contributed by atoms with E-state index in [1.54, 1.807) is 11.8 Å². The van der Waals surface area contributed by atoms with Crippen LogP contribution in [0.4, 0.5) is 4.79 Å². The third-order valence-electron chi connectivity index (χ3n) is 6.74. The molecule has 236 valence electrons. The van der Waals surface area contributed by atoms with E-state index in [0.29, 0.717) is 71.8 Å². The van der Waals surface area contributed by atoms with Crippen molar-refractivity contribution in [1.29, 1.82) is 0 Å². The Bertz CT molecular complexity index is 809. The molecule has 2 aliphatic rings. The molecule has 0 radical (unpaired) electrons. The summed E-state index contributed by atoms with van der Waals surface area (Å²) in [6, 6.07) is -1.22. The summed E-state index contributed by atoms with van der Waals surface area (Å²) in [7, 11) is 0. The van der Waals surface area contributed by atoms with E-state index < -0.39 is 30.4 Å². The molecule has 14 nitrogen and oxygen atoms in total. The lowest BCUT2D eigenvalue weighted by Gasteiger charge is -2.27. The molecular formula is C26H47N5O9S. The Balaban J connectivity index is 1.75. The predicted octanol–water partition coefficient (Wildman–Crippen LogP) is -0.325. The van der Waals surface area contributed by atoms with Gasteiger partial charge in [-0.05, 0) is 38.6 Å². The van der Waals surface area contributed by atoms with Crippen molar-refractivity contribution in [3.63, 3.8) is 0 Å². The number of carbonyl (C=O) groups excluding carboxylic acids is 3. The fourth-order valence-electron chi connectivity index (χ4n) is 4.69. The lowest BCUT2D eigenvalue weighted by Crippen LogP contribution is -2.50. The van der Waals surface area contributed by atoms with Crippen molar-refractivity contribution in [3.05, 3.63) is 0 Å². The third-order valence-corrected chi connectivity index (χ3v) is 8.25. The summed E-state index contributed by atoms with van der Waals surface area (Å²) >= 11 is 1.79. The molecule has 0 spiro atoms. The van der Waals surface area contributed by atoms with Gasteiger partial charge in [-0.1, -0.05) is 6.42 Å². The van der Waals surface area contributed by atoms with Crippen molar-refractivity contribution < 1.29 is 43.2 Å². The van der Waals surface area contributed by atoms with E-state index in [1.807, 2.05) is 0 Å². The van der Waals surface area contributed by atoms with Crippen molar-refractivity contribution in [2.75, 3.05) is 71.7 Å². The number of carbonyl (C=O) groups is 4. The number of unbranched alkanes of at least 4 members (excludes halogenated alkanes) is 2. The monoisotopic (exact) mass is 605 g/mol. The fourth-order valence-corrected chi connectivity index (χ4v) is 6.23. The summed E-state index contributed by atoms with van der Waals surface area (Å²) in [5, 5.41) is 15.9. The van der Waals surface area contributed by atoms with E-state index in [2.05, 4.69) is 10.6 Å². The van der Waals surface area contributed by atoms with Gasteiger partial charge in [0.25, 0.3) is 5.91 Å². The van der Waals surface area contributed by atoms with Gasteiger partial charge >= 0.3 is 12.0 Å². The van der Waals surface area contributed by atoms with Crippen molar-refractivity contribution in [1.82, 2.24) is 15.5 Å². The van der Waals surface area contributed by atoms with Crippen LogP contribution in [0.2, 0.25) is 0 Å². The quantitative estimate of drug-likeness (QED) is 0.0709. The third kappa shape index (κ3) is 13.2. The molecule has 0 aromatic carbocycles. The van der Waals surface area contributed by atoms with Crippen LogP contribution in [-0.2, 0) is 33.3 Å². The largest absolute Gasteiger partial charge is 0.480 e. The topological polar surface area (TPSA) is 205 Å². The molecule has 2 rings (SSSR count). The maximum absolute atomic E-state index is 13.1. The molecule has 4 atom stereocenters. The zero-order valence-electron chi connectivity index (χ0n) is 23.8. The Kier molecular flexibility index (Phi) is 17.9. The molecule has 4 amide bonds. The molecule has 0 saturated carbocycles. The smallest absolute Gasteiger partial charge is 0.326 e. The first-order chi connectivity index (χ1) is 19.9. The highest BCUT2D eigenvalue weighted by atomic mass is 32.2. The molecular weight excluding hydrogens is 558 g/mol. The molecule has 2 fully saturated rings. The molecule has 15 heteroatoms. The minimum Gasteiger partial charge on any atom is -0.480 e. The van der Waals surface area contributed by atoms with Crippen molar-refractivity contribution in [2.45, 2.75) is 68.3 Å². The van der Waals surface area contributed by atoms with E-state index in [-0.39, 0.29) is 49.4 Å². The lowest BCUT2D eigenvalue weighted by atomic mass is 10.0. The number of nitrogens with zero attached hydrogens (tertiary/aromatic N) is 1. The number of fused-ring (bicyclic) bond motifs is 1. The molecule has 0 bridgehead atoms. The number of nitrogens with two attached hydrogens (primary N) is 2. The molecule has 7 N–H and O–H groups in total. The molecule has 0 aromatic rings. The first-order valence-corrected chi connectivity index (χ1v) is 15.4. The Labute approximate surface area is 245 Å². The molecule has 0 unspecified atom stereocenters. The van der Waals surface area contributed by atoms with Gasteiger partial charge in [0.15, 0.2) is 0 Å². The minimum absolute atomic E-state index is 0.0445. The number of ether oxygens (including phenoxy) is 4. The maximum Gasteiger partial charge on any atom is 0.326 e. The Morgan fingerprint density at radius 1 is 0.878 bits per heavy atom. The number of thioether (sulfide) groups is 1. The summed E-state index contributed by atoms with van der Waals surface area (Å²) in [6.07, 6.45) is 3.26. The molecule has 2 aliphatic heterocycles. The van der Waals surface area contributed by atoms with Crippen LogP contribution in [0.3, 0.4) is 0 Å². The summed E-state index contributed by atoms with van der Waals surface area (Å²) in [4.78, 5) is 50.6. The number of nitrogens with one attached hydrogen (secondary N) is 2. The summed E-state index contributed by atoms with van der Waals surface area (Å²) in [5.41, 5.74) is 10.9. The van der Waals surface area contributed by atoms with Crippen LogP contribution in [-0.4, -0.2) is 129 Å². The standard InChI is InChI=1S/C26H47N5O9S/c27-8-4-3-5-20(25(34)35)31(23(33)17-40-16-15-39-14-13-38-12-11-37-10-9-28)22(32)7-2-1-6-21-24-19(18-41-21)29-26(36)30-24/h19-21,24H,1-18,27-28H2,(H,34,35)(H2,29,30,36)/t19-,20-,21-,24-/m0/s1. The second-order valence-electron chi connectivity index (χ2n) is 9.84. The van der Waals surface area contributed by atoms with Gasteiger partial charge in [-0.15, -0.1) is 0 Å². The highest BCUT2D eigenvalue weighted by molar-refractivity contribution is 8.00. The number of rotatable bonds is 24. The SMILES string of the molecule is NCCCC[C@@H](C(=O)O)N(C(=O)CCCC[C@@H]1SC[C@@H]2NC(=O)N[C@@H]21)C(=O)COCCOCCOCCOCCN. The second kappa shape index (κ2) is 20.8. The van der Waals surface area contributed by atoms with Crippen molar-refractivity contribution >= 4 is 35.6 Å². The lowest BCUT2D eigenvalue weighted by molar-refractivity contribution is -0.160. The van der Waals surface area contributed by atoms with Gasteiger partial charge in [-0.25, -0.2) is 9.59 Å². The van der Waals surface area contributed by atoms with Gasteiger partial charge in [0, 0.05) is 24.0 Å². The van der Waals surface area contributed by atoms with Crippen LogP contribution in [0.15, 0.2) is 0 Å². The zero-order chi connectivity index (χ0) is 29.9. The molecule has 2 heterocycles. The van der Waals surface area contributed by atoms with E-state index in [0.717, 1.165) is 17.1 Å². The van der Waals surface area contributed by atoms with Crippen LogP contribution in [0, 0.1) is 0 Å². The first kappa shape index (κ1) is 35.2. The summed E-state index contributed by atoms with van der Waals surface area (Å²) in [5.74, 6) is -1.61. The van der Waals surface area contributed by atoms with Crippen LogP contribution in [0.5, 0.6) is 0 Å². The molecule has 0 aromatic heterocycles. The highest BCUT2D eigenvalue weighted by Gasteiger charge is 2.42. The van der Waals surface area contributed by atoms with E-state index in [1.165, 1.54) is 0 Å². The number of hydrogen-bond acceptors (Lipinski definition) is 11. The van der Waals surface area contributed by atoms with Gasteiger partial charge in [-0.2, -0.15) is 11.8 Å². The Morgan fingerprint density at radius 2 is 1.54 bits per heavy atom. The van der Waals surface area contributed by atoms with Crippen molar-refractivity contribution in [2.24, 2.45) is 11.5 Å². The van der Waals surface area contributed by atoms with Gasteiger partial charge in [0.1, 0.15) is 12.6 Å². The van der Waals surface area contributed by atoms with E-state index in [9.17, 15) is 24.3 Å². The van der Waals surface area contributed by atoms with Gasteiger partial charge in [0.05, 0.1) is 58.3 Å². The van der Waals surface area contributed by atoms with Crippen LogP contribution in [0.1, 0.15) is 44.9 Å². The Morgan fingerprint density at radius 3 is 2.17 bits per heavy atom. The summed E-state index contributed by atoms with van der Waals surface area (Å²) < 4.78 is 21.3. The van der Waals surface area contributed by atoms with E-state index >= 15 is 0 Å². The first-order valence-electron chi connectivity index (χ1n) is 14.4. The number of urea groups is 1. The average molecular weight is 606 g/mol.